The van der Waals surface area contributed by atoms with Gasteiger partial charge >= 0.3 is 0 Å². The second-order valence-corrected chi connectivity index (χ2v) is 5.71. The lowest BCUT2D eigenvalue weighted by molar-refractivity contribution is -0.129. The zero-order chi connectivity index (χ0) is 14.7. The van der Waals surface area contributed by atoms with E-state index in [1.807, 2.05) is 0 Å². The summed E-state index contributed by atoms with van der Waals surface area (Å²) in [5.41, 5.74) is 0.491. The molecule has 0 aromatic heterocycles. The highest BCUT2D eigenvalue weighted by Gasteiger charge is 2.30. The lowest BCUT2D eigenvalue weighted by atomic mass is 10.3. The molecule has 0 aliphatic heterocycles. The first kappa shape index (κ1) is 15.1. The summed E-state index contributed by atoms with van der Waals surface area (Å²) in [6.45, 7) is 1.97. The Balaban J connectivity index is 1.88. The van der Waals surface area contributed by atoms with Crippen LogP contribution >= 0.6 is 23.2 Å². The molecule has 0 radical (unpaired) electrons. The van der Waals surface area contributed by atoms with E-state index in [2.05, 4.69) is 5.32 Å². The zero-order valence-corrected chi connectivity index (χ0v) is 12.7. The smallest absolute Gasteiger partial charge is 0.226 e. The van der Waals surface area contributed by atoms with Crippen LogP contribution in [0.2, 0.25) is 10.0 Å². The zero-order valence-electron chi connectivity index (χ0n) is 11.2. The summed E-state index contributed by atoms with van der Waals surface area (Å²) < 4.78 is 0. The van der Waals surface area contributed by atoms with Crippen LogP contribution in [0.25, 0.3) is 0 Å². The van der Waals surface area contributed by atoms with Gasteiger partial charge in [-0.25, -0.2) is 0 Å². The number of rotatable bonds is 5. The molecule has 6 heteroatoms. The Morgan fingerprint density at radius 3 is 2.65 bits per heavy atom. The lowest BCUT2D eigenvalue weighted by Crippen LogP contribution is -2.33. The monoisotopic (exact) mass is 314 g/mol. The molecule has 0 saturated heterocycles. The quantitative estimate of drug-likeness (QED) is 0.906. The number of hydrogen-bond acceptors (Lipinski definition) is 2. The summed E-state index contributed by atoms with van der Waals surface area (Å²) in [7, 11) is 0. The number of carbonyl (C=O) groups excluding carboxylic acids is 2. The first-order valence-electron chi connectivity index (χ1n) is 6.49. The molecule has 20 heavy (non-hydrogen) atoms. The highest BCUT2D eigenvalue weighted by atomic mass is 35.5. The molecular weight excluding hydrogens is 299 g/mol. The van der Waals surface area contributed by atoms with Crippen molar-refractivity contribution in [3.8, 4) is 0 Å². The number of carbonyl (C=O) groups is 2. The van der Waals surface area contributed by atoms with Gasteiger partial charge in [-0.3, -0.25) is 9.59 Å². The van der Waals surface area contributed by atoms with Gasteiger partial charge in [0.1, 0.15) is 0 Å². The van der Waals surface area contributed by atoms with Crippen molar-refractivity contribution in [3.05, 3.63) is 28.2 Å². The minimum atomic E-state index is -0.180. The molecule has 0 spiro atoms. The van der Waals surface area contributed by atoms with Crippen LogP contribution in [0.15, 0.2) is 18.2 Å². The summed E-state index contributed by atoms with van der Waals surface area (Å²) in [5.74, 6) is -0.165. The number of hydrogen-bond donors (Lipinski definition) is 1. The molecule has 0 bridgehead atoms. The van der Waals surface area contributed by atoms with Crippen LogP contribution in [0.4, 0.5) is 5.69 Å². The van der Waals surface area contributed by atoms with Crippen molar-refractivity contribution in [1.29, 1.82) is 0 Å². The van der Waals surface area contributed by atoms with Crippen molar-refractivity contribution >= 4 is 40.7 Å². The minimum absolute atomic E-state index is 0.0149. The highest BCUT2D eigenvalue weighted by molar-refractivity contribution is 6.35. The normalized spacial score (nSPS) is 13.9. The van der Waals surface area contributed by atoms with Gasteiger partial charge in [-0.2, -0.15) is 0 Å². The Hall–Kier alpha value is -1.26. The van der Waals surface area contributed by atoms with Crippen LogP contribution < -0.4 is 5.32 Å². The minimum Gasteiger partial charge on any atom is -0.339 e. The summed E-state index contributed by atoms with van der Waals surface area (Å²) in [5, 5.41) is 3.66. The molecule has 4 nitrogen and oxygen atoms in total. The Morgan fingerprint density at radius 1 is 1.35 bits per heavy atom. The number of amides is 2. The van der Waals surface area contributed by atoms with Crippen molar-refractivity contribution in [2.45, 2.75) is 32.2 Å². The third-order valence-electron chi connectivity index (χ3n) is 3.17. The number of halogens is 2. The molecule has 2 amide bonds. The van der Waals surface area contributed by atoms with Crippen LogP contribution in [0.5, 0.6) is 0 Å². The van der Waals surface area contributed by atoms with Crippen molar-refractivity contribution in [3.63, 3.8) is 0 Å². The van der Waals surface area contributed by atoms with Crippen molar-refractivity contribution in [2.75, 3.05) is 11.9 Å². The van der Waals surface area contributed by atoms with Gasteiger partial charge in [-0.1, -0.05) is 23.2 Å². The van der Waals surface area contributed by atoms with Gasteiger partial charge in [0.2, 0.25) is 11.8 Å². The molecule has 2 rings (SSSR count). The average molecular weight is 315 g/mol. The number of nitrogens with zero attached hydrogens (tertiary/aromatic N) is 1. The van der Waals surface area contributed by atoms with E-state index in [1.165, 1.54) is 6.92 Å². The van der Waals surface area contributed by atoms with Gasteiger partial charge in [0.15, 0.2) is 0 Å². The molecule has 0 unspecified atom stereocenters. The maximum absolute atomic E-state index is 11.9. The van der Waals surface area contributed by atoms with E-state index in [0.717, 1.165) is 12.8 Å². The fourth-order valence-electron chi connectivity index (χ4n) is 2.01. The van der Waals surface area contributed by atoms with Gasteiger partial charge in [0.05, 0.1) is 10.7 Å². The standard InChI is InChI=1S/C14H16Cl2N2O2/c1-9(19)18(11-3-4-11)7-6-14(20)17-13-8-10(15)2-5-12(13)16/h2,5,8,11H,3-4,6-7H2,1H3,(H,17,20). The Morgan fingerprint density at radius 2 is 2.05 bits per heavy atom. The molecule has 108 valence electrons. The maximum atomic E-state index is 11.9. The van der Waals surface area contributed by atoms with Crippen molar-refractivity contribution in [1.82, 2.24) is 4.90 Å². The summed E-state index contributed by atoms with van der Waals surface area (Å²) in [6, 6.07) is 5.20. The number of nitrogens with one attached hydrogen (secondary N) is 1. The van der Waals surface area contributed by atoms with E-state index in [0.29, 0.717) is 28.3 Å². The molecule has 1 fully saturated rings. The third-order valence-corrected chi connectivity index (χ3v) is 3.74. The van der Waals surface area contributed by atoms with Gasteiger partial charge in [-0.15, -0.1) is 0 Å². The lowest BCUT2D eigenvalue weighted by Gasteiger charge is -2.20. The number of anilines is 1. The van der Waals surface area contributed by atoms with E-state index in [1.54, 1.807) is 23.1 Å². The van der Waals surface area contributed by atoms with Crippen LogP contribution in [-0.2, 0) is 9.59 Å². The predicted octanol–water partition coefficient (Wildman–Crippen LogP) is 3.33. The number of benzene rings is 1. The Bertz CT molecular complexity index is 530. The van der Waals surface area contributed by atoms with E-state index in [-0.39, 0.29) is 18.2 Å². The molecule has 1 aromatic rings. The molecule has 1 aliphatic carbocycles. The molecule has 0 heterocycles. The van der Waals surface area contributed by atoms with Crippen molar-refractivity contribution < 1.29 is 9.59 Å². The molecule has 0 atom stereocenters. The van der Waals surface area contributed by atoms with Crippen LogP contribution in [0.3, 0.4) is 0 Å². The molecule has 1 N–H and O–H groups in total. The largest absolute Gasteiger partial charge is 0.339 e. The molecule has 1 saturated carbocycles. The second-order valence-electron chi connectivity index (χ2n) is 4.87. The van der Waals surface area contributed by atoms with Gasteiger partial charge in [0, 0.05) is 31.0 Å². The predicted molar refractivity (Wildman–Crippen MR) is 80.1 cm³/mol. The average Bonchev–Trinajstić information content (AvgIpc) is 3.18. The van der Waals surface area contributed by atoms with Crippen LogP contribution in [0.1, 0.15) is 26.2 Å². The molecule has 1 aromatic carbocycles. The second kappa shape index (κ2) is 6.46. The fraction of sp³-hybridized carbons (Fsp3) is 0.429. The van der Waals surface area contributed by atoms with E-state index >= 15 is 0 Å². The third kappa shape index (κ3) is 4.12. The van der Waals surface area contributed by atoms with Gasteiger partial charge in [0.25, 0.3) is 0 Å². The summed E-state index contributed by atoms with van der Waals surface area (Å²) in [4.78, 5) is 25.1. The first-order valence-corrected chi connectivity index (χ1v) is 7.25. The van der Waals surface area contributed by atoms with Gasteiger partial charge < -0.3 is 10.2 Å². The summed E-state index contributed by atoms with van der Waals surface area (Å²) >= 11 is 11.8. The fourth-order valence-corrected chi connectivity index (χ4v) is 2.35. The first-order chi connectivity index (χ1) is 9.47. The van der Waals surface area contributed by atoms with E-state index in [9.17, 15) is 9.59 Å². The van der Waals surface area contributed by atoms with E-state index in [4.69, 9.17) is 23.2 Å². The SMILES string of the molecule is CC(=O)N(CCC(=O)Nc1cc(Cl)ccc1Cl)C1CC1. The molecule has 1 aliphatic rings. The summed E-state index contributed by atoms with van der Waals surface area (Å²) in [6.07, 6.45) is 2.31. The van der Waals surface area contributed by atoms with E-state index < -0.39 is 0 Å². The highest BCUT2D eigenvalue weighted by Crippen LogP contribution is 2.27. The van der Waals surface area contributed by atoms with Crippen LogP contribution in [0, 0.1) is 0 Å². The molecular formula is C14H16Cl2N2O2. The Kier molecular flexibility index (Phi) is 4.89. The van der Waals surface area contributed by atoms with Crippen molar-refractivity contribution in [2.24, 2.45) is 0 Å². The van der Waals surface area contributed by atoms with Crippen LogP contribution in [-0.4, -0.2) is 29.3 Å². The topological polar surface area (TPSA) is 49.4 Å². The maximum Gasteiger partial charge on any atom is 0.226 e. The van der Waals surface area contributed by atoms with Gasteiger partial charge in [-0.05, 0) is 31.0 Å². The Labute approximate surface area is 128 Å².